The molecule has 3 rings (SSSR count). The number of anilines is 1. The van der Waals surface area contributed by atoms with Crippen molar-refractivity contribution in [1.82, 2.24) is 15.2 Å². The molecule has 0 bridgehead atoms. The fourth-order valence-electron chi connectivity index (χ4n) is 2.73. The number of carbonyl (C=O) groups is 1. The van der Waals surface area contributed by atoms with Crippen molar-refractivity contribution in [1.29, 1.82) is 0 Å². The molecule has 0 aliphatic heterocycles. The Morgan fingerprint density at radius 2 is 1.89 bits per heavy atom. The molecule has 1 aromatic carbocycles. The number of amides is 1. The predicted octanol–water partition coefficient (Wildman–Crippen LogP) is 5.09. The van der Waals surface area contributed by atoms with Gasteiger partial charge < -0.3 is 9.73 Å². The molecule has 28 heavy (non-hydrogen) atoms. The first-order valence-corrected chi connectivity index (χ1v) is 10.4. The molecule has 0 spiro atoms. The molecule has 7 heteroatoms. The summed E-state index contributed by atoms with van der Waals surface area (Å²) in [5.74, 6) is 2.15. The largest absolute Gasteiger partial charge is 0.441 e. The molecule has 148 valence electrons. The standard InChI is InChI=1S/C21H26N4O2S/c1-13(2)11-20-24-25-21(28-20)23-18(26)9-10-19-22-12-17(27-19)16-7-5-15(6-8-16)14(3)4/h5-8,12-14H,9-11H2,1-4H3,(H,23,25,26). The van der Waals surface area contributed by atoms with E-state index in [4.69, 9.17) is 4.42 Å². The van der Waals surface area contributed by atoms with Crippen molar-refractivity contribution in [3.8, 4) is 11.3 Å². The smallest absolute Gasteiger partial charge is 0.226 e. The summed E-state index contributed by atoms with van der Waals surface area (Å²) >= 11 is 1.42. The Morgan fingerprint density at radius 3 is 2.57 bits per heavy atom. The van der Waals surface area contributed by atoms with Crippen LogP contribution in [0.3, 0.4) is 0 Å². The van der Waals surface area contributed by atoms with E-state index in [0.29, 0.717) is 35.0 Å². The fourth-order valence-corrected chi connectivity index (χ4v) is 3.70. The van der Waals surface area contributed by atoms with Crippen molar-refractivity contribution in [2.24, 2.45) is 5.92 Å². The highest BCUT2D eigenvalue weighted by atomic mass is 32.1. The van der Waals surface area contributed by atoms with Gasteiger partial charge in [0.15, 0.2) is 11.7 Å². The van der Waals surface area contributed by atoms with Crippen LogP contribution in [0.2, 0.25) is 0 Å². The monoisotopic (exact) mass is 398 g/mol. The Kier molecular flexibility index (Phi) is 6.57. The lowest BCUT2D eigenvalue weighted by atomic mass is 10.0. The van der Waals surface area contributed by atoms with Crippen molar-refractivity contribution in [2.75, 3.05) is 5.32 Å². The first-order chi connectivity index (χ1) is 13.4. The first-order valence-electron chi connectivity index (χ1n) is 9.58. The summed E-state index contributed by atoms with van der Waals surface area (Å²) in [5, 5.41) is 12.4. The summed E-state index contributed by atoms with van der Waals surface area (Å²) in [4.78, 5) is 16.4. The molecule has 0 fully saturated rings. The lowest BCUT2D eigenvalue weighted by Gasteiger charge is -2.05. The van der Waals surface area contributed by atoms with Crippen LogP contribution in [0.4, 0.5) is 5.13 Å². The van der Waals surface area contributed by atoms with E-state index in [1.165, 1.54) is 16.9 Å². The molecule has 0 saturated carbocycles. The number of oxazole rings is 1. The van der Waals surface area contributed by atoms with Gasteiger partial charge in [0.1, 0.15) is 5.01 Å². The van der Waals surface area contributed by atoms with Gasteiger partial charge >= 0.3 is 0 Å². The normalized spacial score (nSPS) is 11.4. The average molecular weight is 399 g/mol. The van der Waals surface area contributed by atoms with Gasteiger partial charge in [-0.1, -0.05) is 63.3 Å². The van der Waals surface area contributed by atoms with Crippen molar-refractivity contribution < 1.29 is 9.21 Å². The summed E-state index contributed by atoms with van der Waals surface area (Å²) in [6.07, 6.45) is 3.30. The lowest BCUT2D eigenvalue weighted by Crippen LogP contribution is -2.12. The third-order valence-corrected chi connectivity index (χ3v) is 5.14. The highest BCUT2D eigenvalue weighted by Gasteiger charge is 2.12. The Labute approximate surface area is 169 Å². The quantitative estimate of drug-likeness (QED) is 0.572. The molecule has 0 unspecified atom stereocenters. The molecule has 6 nitrogen and oxygen atoms in total. The van der Waals surface area contributed by atoms with Crippen molar-refractivity contribution in [2.45, 2.75) is 52.9 Å². The minimum absolute atomic E-state index is 0.117. The molecular weight excluding hydrogens is 372 g/mol. The van der Waals surface area contributed by atoms with E-state index in [-0.39, 0.29) is 12.3 Å². The van der Waals surface area contributed by atoms with E-state index >= 15 is 0 Å². The number of benzene rings is 1. The maximum atomic E-state index is 12.2. The average Bonchev–Trinajstić information content (AvgIpc) is 3.29. The number of nitrogens with zero attached hydrogens (tertiary/aromatic N) is 3. The van der Waals surface area contributed by atoms with Gasteiger partial charge in [-0.25, -0.2) is 4.98 Å². The van der Waals surface area contributed by atoms with E-state index in [1.807, 2.05) is 12.1 Å². The fraction of sp³-hybridized carbons (Fsp3) is 0.429. The third kappa shape index (κ3) is 5.48. The summed E-state index contributed by atoms with van der Waals surface area (Å²) in [5.41, 5.74) is 2.27. The number of hydrogen-bond donors (Lipinski definition) is 1. The molecule has 2 heterocycles. The van der Waals surface area contributed by atoms with Crippen LogP contribution in [0.5, 0.6) is 0 Å². The van der Waals surface area contributed by atoms with Gasteiger partial charge in [-0.2, -0.15) is 0 Å². The summed E-state index contributed by atoms with van der Waals surface area (Å²) in [6.45, 7) is 8.59. The summed E-state index contributed by atoms with van der Waals surface area (Å²) in [6, 6.07) is 8.28. The van der Waals surface area contributed by atoms with Gasteiger partial charge in [0.2, 0.25) is 11.0 Å². The molecule has 0 aliphatic rings. The van der Waals surface area contributed by atoms with Gasteiger partial charge in [-0.15, -0.1) is 10.2 Å². The topological polar surface area (TPSA) is 80.9 Å². The summed E-state index contributed by atoms with van der Waals surface area (Å²) < 4.78 is 5.80. The summed E-state index contributed by atoms with van der Waals surface area (Å²) in [7, 11) is 0. The van der Waals surface area contributed by atoms with Crippen LogP contribution in [0, 0.1) is 5.92 Å². The number of aromatic nitrogens is 3. The second kappa shape index (κ2) is 9.10. The zero-order valence-corrected chi connectivity index (χ0v) is 17.5. The Balaban J connectivity index is 1.52. The number of carbonyl (C=O) groups excluding carboxylic acids is 1. The minimum Gasteiger partial charge on any atom is -0.441 e. The van der Waals surface area contributed by atoms with Gasteiger partial charge in [-0.05, 0) is 17.4 Å². The van der Waals surface area contributed by atoms with Gasteiger partial charge in [-0.3, -0.25) is 4.79 Å². The molecule has 1 N–H and O–H groups in total. The molecule has 0 atom stereocenters. The van der Waals surface area contributed by atoms with Gasteiger partial charge in [0.05, 0.1) is 6.20 Å². The van der Waals surface area contributed by atoms with Crippen LogP contribution in [0.1, 0.15) is 56.5 Å². The molecule has 0 saturated heterocycles. The molecule has 0 aliphatic carbocycles. The van der Waals surface area contributed by atoms with E-state index in [9.17, 15) is 4.79 Å². The molecule has 3 aromatic rings. The van der Waals surface area contributed by atoms with Crippen LogP contribution in [-0.4, -0.2) is 21.1 Å². The zero-order valence-electron chi connectivity index (χ0n) is 16.7. The highest BCUT2D eigenvalue weighted by Crippen LogP contribution is 2.24. The SMILES string of the molecule is CC(C)Cc1nnc(NC(=O)CCc2ncc(-c3ccc(C(C)C)cc3)o2)s1. The van der Waals surface area contributed by atoms with Crippen LogP contribution < -0.4 is 5.32 Å². The molecular formula is C21H26N4O2S. The van der Waals surface area contributed by atoms with Crippen LogP contribution in [0.15, 0.2) is 34.9 Å². The van der Waals surface area contributed by atoms with Crippen LogP contribution >= 0.6 is 11.3 Å². The van der Waals surface area contributed by atoms with E-state index in [0.717, 1.165) is 17.0 Å². The zero-order chi connectivity index (χ0) is 20.1. The van der Waals surface area contributed by atoms with E-state index in [1.54, 1.807) is 6.20 Å². The molecule has 0 radical (unpaired) electrons. The highest BCUT2D eigenvalue weighted by molar-refractivity contribution is 7.15. The number of nitrogens with one attached hydrogen (secondary N) is 1. The van der Waals surface area contributed by atoms with Crippen molar-refractivity contribution in [3.63, 3.8) is 0 Å². The Morgan fingerprint density at radius 1 is 1.14 bits per heavy atom. The predicted molar refractivity (Wildman–Crippen MR) is 111 cm³/mol. The first kappa shape index (κ1) is 20.2. The molecule has 1 amide bonds. The second-order valence-electron chi connectivity index (χ2n) is 7.54. The number of aryl methyl sites for hydroxylation is 1. The van der Waals surface area contributed by atoms with Crippen LogP contribution in [0.25, 0.3) is 11.3 Å². The van der Waals surface area contributed by atoms with Crippen LogP contribution in [-0.2, 0) is 17.6 Å². The van der Waals surface area contributed by atoms with Crippen molar-refractivity contribution >= 4 is 22.4 Å². The van der Waals surface area contributed by atoms with Gasteiger partial charge in [0, 0.05) is 24.8 Å². The minimum atomic E-state index is -0.117. The maximum Gasteiger partial charge on any atom is 0.226 e. The molecule has 2 aromatic heterocycles. The van der Waals surface area contributed by atoms with E-state index in [2.05, 4.69) is 60.3 Å². The maximum absolute atomic E-state index is 12.2. The van der Waals surface area contributed by atoms with Gasteiger partial charge in [0.25, 0.3) is 0 Å². The second-order valence-corrected chi connectivity index (χ2v) is 8.60. The third-order valence-electron chi connectivity index (χ3n) is 4.28. The van der Waals surface area contributed by atoms with E-state index < -0.39 is 0 Å². The van der Waals surface area contributed by atoms with Crippen molar-refractivity contribution in [3.05, 3.63) is 46.9 Å². The Bertz CT molecular complexity index is 913. The number of rotatable bonds is 8. The Hall–Kier alpha value is -2.54. The lowest BCUT2D eigenvalue weighted by molar-refractivity contribution is -0.116. The number of hydrogen-bond acceptors (Lipinski definition) is 6.